The Kier molecular flexibility index (Phi) is 7.46. The number of alkyl halides is 3. The average Bonchev–Trinajstić information content (AvgIpc) is 3.41. The van der Waals surface area contributed by atoms with Crippen molar-refractivity contribution in [3.05, 3.63) is 111 Å². The van der Waals surface area contributed by atoms with Crippen molar-refractivity contribution >= 4 is 5.82 Å². The zero-order valence-corrected chi connectivity index (χ0v) is 22.4. The van der Waals surface area contributed by atoms with Crippen LogP contribution in [0.2, 0.25) is 0 Å². The predicted octanol–water partition coefficient (Wildman–Crippen LogP) is 5.98. The predicted molar refractivity (Wildman–Crippen MR) is 145 cm³/mol. The van der Waals surface area contributed by atoms with E-state index >= 15 is 0 Å². The molecule has 0 saturated heterocycles. The van der Waals surface area contributed by atoms with Crippen molar-refractivity contribution in [2.24, 2.45) is 0 Å². The Morgan fingerprint density at radius 2 is 1.69 bits per heavy atom. The van der Waals surface area contributed by atoms with E-state index in [1.165, 1.54) is 23.9 Å². The summed E-state index contributed by atoms with van der Waals surface area (Å²) in [5.74, 6) is 1.19. The maximum Gasteiger partial charge on any atom is 0.416 e. The summed E-state index contributed by atoms with van der Waals surface area (Å²) in [6.07, 6.45) is -1.24. The number of halogens is 3. The lowest BCUT2D eigenvalue weighted by atomic mass is 10.0. The smallest absolute Gasteiger partial charge is 0.416 e. The number of fused-ring (bicyclic) bond motifs is 2. The molecular weight excluding hydrogens is 553 g/mol. The molecular formula is C30H27F3N4O5. The number of hydrogen-bond donors (Lipinski definition) is 0. The second-order valence-corrected chi connectivity index (χ2v) is 10.3. The Hall–Kier alpha value is -4.58. The van der Waals surface area contributed by atoms with Crippen LogP contribution in [0.5, 0.6) is 17.5 Å². The van der Waals surface area contributed by atoms with Crippen LogP contribution in [0.15, 0.2) is 72.9 Å². The first-order valence-electron chi connectivity index (χ1n) is 13.5. The second kappa shape index (κ2) is 11.4. The van der Waals surface area contributed by atoms with Gasteiger partial charge in [-0.15, -0.1) is 5.06 Å². The number of rotatable bonds is 8. The van der Waals surface area contributed by atoms with Crippen LogP contribution in [0.1, 0.15) is 34.2 Å². The molecule has 4 aromatic rings. The summed E-state index contributed by atoms with van der Waals surface area (Å²) in [6, 6.07) is 19.0. The van der Waals surface area contributed by atoms with Crippen LogP contribution in [0.4, 0.5) is 19.0 Å². The first-order chi connectivity index (χ1) is 20.2. The van der Waals surface area contributed by atoms with Crippen LogP contribution in [0.25, 0.3) is 0 Å². The molecule has 2 aliphatic rings. The van der Waals surface area contributed by atoms with Gasteiger partial charge >= 0.3 is 18.0 Å². The minimum Gasteiger partial charge on any atom is -0.490 e. The molecule has 0 radical (unpaired) electrons. The topological polar surface area (TPSA) is 91.9 Å². The molecule has 0 N–H and O–H groups in total. The van der Waals surface area contributed by atoms with Gasteiger partial charge in [0.05, 0.1) is 12.1 Å². The van der Waals surface area contributed by atoms with Crippen molar-refractivity contribution < 1.29 is 32.4 Å². The molecule has 0 spiro atoms. The Morgan fingerprint density at radius 3 is 2.40 bits per heavy atom. The number of aryl methyl sites for hydroxylation is 1. The highest BCUT2D eigenvalue weighted by molar-refractivity contribution is 5.37. The third-order valence-electron chi connectivity index (χ3n) is 7.32. The second-order valence-electron chi connectivity index (χ2n) is 10.3. The van der Waals surface area contributed by atoms with E-state index in [0.717, 1.165) is 41.0 Å². The summed E-state index contributed by atoms with van der Waals surface area (Å²) >= 11 is 0. The number of nitro groups is 1. The van der Waals surface area contributed by atoms with E-state index in [4.69, 9.17) is 14.3 Å². The molecule has 0 fully saturated rings. The van der Waals surface area contributed by atoms with Crippen LogP contribution in [-0.4, -0.2) is 38.8 Å². The number of imidazole rings is 1. The molecule has 42 heavy (non-hydrogen) atoms. The van der Waals surface area contributed by atoms with Crippen molar-refractivity contribution in [3.8, 4) is 17.5 Å². The molecule has 218 valence electrons. The molecule has 0 unspecified atom stereocenters. The van der Waals surface area contributed by atoms with Gasteiger partial charge in [-0.2, -0.15) is 13.2 Å². The molecule has 0 aliphatic carbocycles. The summed E-state index contributed by atoms with van der Waals surface area (Å²) < 4.78 is 51.8. The molecule has 1 aromatic heterocycles. The van der Waals surface area contributed by atoms with E-state index in [9.17, 15) is 23.3 Å². The molecule has 0 bridgehead atoms. The average molecular weight is 581 g/mol. The Balaban J connectivity index is 0.992. The van der Waals surface area contributed by atoms with Crippen LogP contribution in [0, 0.1) is 10.1 Å². The third-order valence-corrected chi connectivity index (χ3v) is 7.32. The molecule has 6 rings (SSSR count). The van der Waals surface area contributed by atoms with Crippen molar-refractivity contribution in [2.75, 3.05) is 13.2 Å². The van der Waals surface area contributed by atoms with Crippen LogP contribution in [0.3, 0.4) is 0 Å². The highest BCUT2D eigenvalue weighted by Crippen LogP contribution is 2.30. The maximum absolute atomic E-state index is 12.8. The van der Waals surface area contributed by atoms with E-state index in [0.29, 0.717) is 44.8 Å². The molecule has 1 atom stereocenters. The molecule has 0 amide bonds. The normalized spacial score (nSPS) is 16.7. The van der Waals surface area contributed by atoms with E-state index in [1.807, 2.05) is 47.5 Å². The van der Waals surface area contributed by atoms with E-state index in [1.54, 1.807) is 4.57 Å². The molecule has 3 aromatic carbocycles. The Labute approximate surface area is 239 Å². The van der Waals surface area contributed by atoms with Crippen molar-refractivity contribution in [3.63, 3.8) is 0 Å². The van der Waals surface area contributed by atoms with Crippen molar-refractivity contribution in [2.45, 2.75) is 44.6 Å². The first-order valence-corrected chi connectivity index (χ1v) is 13.5. The lowest BCUT2D eigenvalue weighted by Gasteiger charge is -2.28. The fourth-order valence-corrected chi connectivity index (χ4v) is 5.06. The van der Waals surface area contributed by atoms with Gasteiger partial charge in [0, 0.05) is 24.5 Å². The van der Waals surface area contributed by atoms with E-state index < -0.39 is 16.7 Å². The maximum atomic E-state index is 12.8. The van der Waals surface area contributed by atoms with Crippen molar-refractivity contribution in [1.82, 2.24) is 14.6 Å². The van der Waals surface area contributed by atoms with Gasteiger partial charge in [0.1, 0.15) is 30.4 Å². The number of aromatic nitrogens is 2. The van der Waals surface area contributed by atoms with Gasteiger partial charge in [0.15, 0.2) is 0 Å². The number of nitrogens with zero attached hydrogens (tertiary/aromatic N) is 4. The molecule has 3 heterocycles. The fourth-order valence-electron chi connectivity index (χ4n) is 5.06. The highest BCUT2D eigenvalue weighted by Gasteiger charge is 2.30. The van der Waals surface area contributed by atoms with Gasteiger partial charge in [-0.25, -0.2) is 0 Å². The van der Waals surface area contributed by atoms with Gasteiger partial charge in [-0.3, -0.25) is 4.57 Å². The monoisotopic (exact) mass is 580 g/mol. The lowest BCUT2D eigenvalue weighted by molar-refractivity contribution is -0.389. The van der Waals surface area contributed by atoms with Crippen LogP contribution < -0.4 is 14.3 Å². The number of benzene rings is 3. The van der Waals surface area contributed by atoms with E-state index in [2.05, 4.69) is 4.98 Å². The van der Waals surface area contributed by atoms with Crippen molar-refractivity contribution in [1.29, 1.82) is 0 Å². The summed E-state index contributed by atoms with van der Waals surface area (Å²) in [4.78, 5) is 20.4. The Bertz CT molecular complexity index is 1570. The summed E-state index contributed by atoms with van der Waals surface area (Å²) in [7, 11) is 0. The van der Waals surface area contributed by atoms with Crippen LogP contribution in [-0.2, 0) is 32.1 Å². The van der Waals surface area contributed by atoms with Gasteiger partial charge in [-0.1, -0.05) is 30.3 Å². The number of ether oxygens (including phenoxy) is 2. The van der Waals surface area contributed by atoms with Gasteiger partial charge in [-0.05, 0) is 76.4 Å². The third kappa shape index (κ3) is 6.33. The summed E-state index contributed by atoms with van der Waals surface area (Å²) in [5, 5.41) is 12.8. The van der Waals surface area contributed by atoms with Gasteiger partial charge < -0.3 is 24.4 Å². The minimum absolute atomic E-state index is 0.229. The largest absolute Gasteiger partial charge is 0.490 e. The Morgan fingerprint density at radius 1 is 0.976 bits per heavy atom. The van der Waals surface area contributed by atoms with Gasteiger partial charge in [0.25, 0.3) is 0 Å². The first kappa shape index (κ1) is 27.6. The summed E-state index contributed by atoms with van der Waals surface area (Å²) in [5.41, 5.74) is 3.44. The SMILES string of the molecule is O=[N+]([O-])c1cn2c(n1)O[C@@H](COc1ccc3c(c1)CCN(Oc1ccc(Cc4ccc(C(F)(F)F)cc4)cc1)C3)CC2. The highest BCUT2D eigenvalue weighted by atomic mass is 19.4. The van der Waals surface area contributed by atoms with Crippen LogP contribution >= 0.6 is 0 Å². The number of hydroxylamine groups is 2. The molecule has 0 saturated carbocycles. The summed E-state index contributed by atoms with van der Waals surface area (Å²) in [6.45, 7) is 2.18. The van der Waals surface area contributed by atoms with E-state index in [-0.39, 0.29) is 17.9 Å². The standard InChI is InChI=1S/C30H27F3N4O5/c31-30(32,33)24-6-1-20(2-7-24)15-21-3-8-25(9-4-21)42-36-14-11-22-16-26(10-5-23(22)17-36)40-19-27-12-13-35-18-28(37(38)39)34-29(35)41-27/h1-10,16,18,27H,11-15,17,19H2/t27-/m1/s1. The molecule has 9 nitrogen and oxygen atoms in total. The van der Waals surface area contributed by atoms with Gasteiger partial charge in [0.2, 0.25) is 0 Å². The quantitative estimate of drug-likeness (QED) is 0.187. The molecule has 12 heteroatoms. The number of hydrogen-bond acceptors (Lipinski definition) is 7. The zero-order valence-electron chi connectivity index (χ0n) is 22.4. The minimum atomic E-state index is -4.34. The fraction of sp³-hybridized carbons (Fsp3) is 0.300. The molecule has 2 aliphatic heterocycles. The zero-order chi connectivity index (χ0) is 29.3. The lowest BCUT2D eigenvalue weighted by Crippen LogP contribution is -2.33.